The lowest BCUT2D eigenvalue weighted by Gasteiger charge is -2.30. The van der Waals surface area contributed by atoms with Crippen LogP contribution in [0.5, 0.6) is 5.75 Å². The number of likely N-dealkylation sites (tertiary alicyclic amines) is 1. The number of piperidine rings is 1. The molecule has 1 aromatic rings. The Bertz CT molecular complexity index is 459. The number of aryl methyl sites for hydroxylation is 2. The fourth-order valence-corrected chi connectivity index (χ4v) is 2.28. The molecule has 19 heavy (non-hydrogen) atoms. The first-order valence-electron chi connectivity index (χ1n) is 6.79. The number of nitrogens with two attached hydrogens (primary N) is 1. The van der Waals surface area contributed by atoms with Gasteiger partial charge in [0.1, 0.15) is 5.75 Å². The monoisotopic (exact) mass is 262 g/mol. The highest BCUT2D eigenvalue weighted by Crippen LogP contribution is 2.16. The molecule has 4 heteroatoms. The van der Waals surface area contributed by atoms with Crippen molar-refractivity contribution in [3.63, 3.8) is 0 Å². The van der Waals surface area contributed by atoms with Crippen LogP contribution in [0.2, 0.25) is 0 Å². The molecule has 1 amide bonds. The van der Waals surface area contributed by atoms with Crippen molar-refractivity contribution in [2.45, 2.75) is 32.7 Å². The molecule has 0 aliphatic carbocycles. The molecule has 104 valence electrons. The summed E-state index contributed by atoms with van der Waals surface area (Å²) in [7, 11) is 0. The van der Waals surface area contributed by atoms with Crippen molar-refractivity contribution < 1.29 is 9.53 Å². The van der Waals surface area contributed by atoms with E-state index in [1.54, 1.807) is 4.90 Å². The smallest absolute Gasteiger partial charge is 0.260 e. The molecule has 1 aliphatic rings. The Morgan fingerprint density at radius 3 is 2.89 bits per heavy atom. The van der Waals surface area contributed by atoms with E-state index in [0.717, 1.165) is 25.1 Å². The van der Waals surface area contributed by atoms with Gasteiger partial charge in [-0.3, -0.25) is 4.79 Å². The molecular formula is C15H22N2O2. The molecule has 4 nitrogen and oxygen atoms in total. The van der Waals surface area contributed by atoms with Crippen molar-refractivity contribution in [3.8, 4) is 5.75 Å². The lowest BCUT2D eigenvalue weighted by molar-refractivity contribution is -0.134. The maximum absolute atomic E-state index is 12.0. The molecule has 1 heterocycles. The number of carbonyl (C=O) groups excluding carboxylic acids is 1. The standard InChI is InChI=1S/C15H22N2O2/c1-11-5-6-14(8-12(11)2)19-10-15(18)17-7-3-4-13(16)9-17/h5-6,8,13H,3-4,7,9-10,16H2,1-2H3/t13-/m0/s1. The zero-order valence-corrected chi connectivity index (χ0v) is 11.7. The summed E-state index contributed by atoms with van der Waals surface area (Å²) in [6.45, 7) is 5.63. The van der Waals surface area contributed by atoms with Gasteiger partial charge in [0.15, 0.2) is 6.61 Å². The van der Waals surface area contributed by atoms with Crippen LogP contribution >= 0.6 is 0 Å². The molecule has 2 N–H and O–H groups in total. The van der Waals surface area contributed by atoms with Gasteiger partial charge in [-0.05, 0) is 49.9 Å². The van der Waals surface area contributed by atoms with Gasteiger partial charge in [0.05, 0.1) is 0 Å². The van der Waals surface area contributed by atoms with Crippen LogP contribution in [-0.4, -0.2) is 36.5 Å². The predicted octanol–water partition coefficient (Wildman–Crippen LogP) is 1.63. The van der Waals surface area contributed by atoms with Crippen LogP contribution in [0.15, 0.2) is 18.2 Å². The average Bonchev–Trinajstić information content (AvgIpc) is 2.40. The van der Waals surface area contributed by atoms with E-state index in [9.17, 15) is 4.79 Å². The van der Waals surface area contributed by atoms with Gasteiger partial charge in [-0.25, -0.2) is 0 Å². The molecule has 0 saturated carbocycles. The van der Waals surface area contributed by atoms with Gasteiger partial charge in [0.25, 0.3) is 5.91 Å². The van der Waals surface area contributed by atoms with E-state index >= 15 is 0 Å². The minimum Gasteiger partial charge on any atom is -0.484 e. The normalized spacial score (nSPS) is 19.3. The number of ether oxygens (including phenoxy) is 1. The predicted molar refractivity (Wildman–Crippen MR) is 75.2 cm³/mol. The molecule has 0 spiro atoms. The summed E-state index contributed by atoms with van der Waals surface area (Å²) >= 11 is 0. The van der Waals surface area contributed by atoms with E-state index in [1.165, 1.54) is 11.1 Å². The highest BCUT2D eigenvalue weighted by molar-refractivity contribution is 5.77. The number of benzene rings is 1. The molecular weight excluding hydrogens is 240 g/mol. The molecule has 0 unspecified atom stereocenters. The molecule has 0 aromatic heterocycles. The Morgan fingerprint density at radius 1 is 1.42 bits per heavy atom. The number of hydrogen-bond acceptors (Lipinski definition) is 3. The molecule has 2 rings (SSSR count). The molecule has 1 fully saturated rings. The summed E-state index contributed by atoms with van der Waals surface area (Å²) < 4.78 is 5.56. The second kappa shape index (κ2) is 6.06. The van der Waals surface area contributed by atoms with E-state index in [1.807, 2.05) is 25.1 Å². The van der Waals surface area contributed by atoms with E-state index in [4.69, 9.17) is 10.5 Å². The zero-order chi connectivity index (χ0) is 13.8. The zero-order valence-electron chi connectivity index (χ0n) is 11.7. The van der Waals surface area contributed by atoms with Gasteiger partial charge in [-0.2, -0.15) is 0 Å². The summed E-state index contributed by atoms with van der Waals surface area (Å²) in [5.41, 5.74) is 8.27. The molecule has 1 saturated heterocycles. The molecule has 1 aromatic carbocycles. The van der Waals surface area contributed by atoms with Crippen LogP contribution < -0.4 is 10.5 Å². The van der Waals surface area contributed by atoms with E-state index < -0.39 is 0 Å². The van der Waals surface area contributed by atoms with Crippen LogP contribution in [0.1, 0.15) is 24.0 Å². The Balaban J connectivity index is 1.87. The maximum Gasteiger partial charge on any atom is 0.260 e. The van der Waals surface area contributed by atoms with Crippen molar-refractivity contribution >= 4 is 5.91 Å². The summed E-state index contributed by atoms with van der Waals surface area (Å²) in [6.07, 6.45) is 1.98. The van der Waals surface area contributed by atoms with Crippen molar-refractivity contribution in [2.24, 2.45) is 5.73 Å². The highest BCUT2D eigenvalue weighted by atomic mass is 16.5. The number of rotatable bonds is 3. The average molecular weight is 262 g/mol. The fraction of sp³-hybridized carbons (Fsp3) is 0.533. The lowest BCUT2D eigenvalue weighted by atomic mass is 10.1. The topological polar surface area (TPSA) is 55.6 Å². The Kier molecular flexibility index (Phi) is 4.43. The van der Waals surface area contributed by atoms with Crippen molar-refractivity contribution in [2.75, 3.05) is 19.7 Å². The lowest BCUT2D eigenvalue weighted by Crippen LogP contribution is -2.47. The number of carbonyl (C=O) groups is 1. The van der Waals surface area contributed by atoms with Gasteiger partial charge in [-0.1, -0.05) is 6.07 Å². The summed E-state index contributed by atoms with van der Waals surface area (Å²) in [5, 5.41) is 0. The summed E-state index contributed by atoms with van der Waals surface area (Å²) in [4.78, 5) is 13.8. The first-order chi connectivity index (χ1) is 9.06. The van der Waals surface area contributed by atoms with Gasteiger partial charge >= 0.3 is 0 Å². The summed E-state index contributed by atoms with van der Waals surface area (Å²) in [6, 6.07) is 5.98. The second-order valence-corrected chi connectivity index (χ2v) is 5.28. The minimum absolute atomic E-state index is 0.0216. The quantitative estimate of drug-likeness (QED) is 0.901. The van der Waals surface area contributed by atoms with Gasteiger partial charge < -0.3 is 15.4 Å². The molecule has 0 radical (unpaired) electrons. The third-order valence-corrected chi connectivity index (χ3v) is 3.65. The SMILES string of the molecule is Cc1ccc(OCC(=O)N2CCC[C@H](N)C2)cc1C. The number of nitrogens with zero attached hydrogens (tertiary/aromatic N) is 1. The van der Waals surface area contributed by atoms with Crippen LogP contribution in [-0.2, 0) is 4.79 Å². The highest BCUT2D eigenvalue weighted by Gasteiger charge is 2.21. The van der Waals surface area contributed by atoms with Crippen LogP contribution in [0, 0.1) is 13.8 Å². The van der Waals surface area contributed by atoms with Crippen LogP contribution in [0.4, 0.5) is 0 Å². The fourth-order valence-electron chi connectivity index (χ4n) is 2.28. The van der Waals surface area contributed by atoms with Crippen LogP contribution in [0.3, 0.4) is 0 Å². The Morgan fingerprint density at radius 2 is 2.21 bits per heavy atom. The third-order valence-electron chi connectivity index (χ3n) is 3.65. The van der Waals surface area contributed by atoms with E-state index in [0.29, 0.717) is 6.54 Å². The third kappa shape index (κ3) is 3.70. The Labute approximate surface area is 114 Å². The van der Waals surface area contributed by atoms with Gasteiger partial charge in [0.2, 0.25) is 0 Å². The van der Waals surface area contributed by atoms with Gasteiger partial charge in [-0.15, -0.1) is 0 Å². The first-order valence-corrected chi connectivity index (χ1v) is 6.79. The number of hydrogen-bond donors (Lipinski definition) is 1. The Hall–Kier alpha value is -1.55. The summed E-state index contributed by atoms with van der Waals surface area (Å²) in [5.74, 6) is 0.770. The molecule has 1 aliphatic heterocycles. The van der Waals surface area contributed by atoms with Gasteiger partial charge in [0, 0.05) is 19.1 Å². The molecule has 1 atom stereocenters. The van der Waals surface area contributed by atoms with E-state index in [-0.39, 0.29) is 18.6 Å². The van der Waals surface area contributed by atoms with Crippen molar-refractivity contribution in [1.29, 1.82) is 0 Å². The largest absolute Gasteiger partial charge is 0.484 e. The molecule has 0 bridgehead atoms. The minimum atomic E-state index is 0.0216. The first kappa shape index (κ1) is 13.9. The number of amides is 1. The van der Waals surface area contributed by atoms with Crippen molar-refractivity contribution in [1.82, 2.24) is 4.90 Å². The van der Waals surface area contributed by atoms with Crippen LogP contribution in [0.25, 0.3) is 0 Å². The maximum atomic E-state index is 12.0. The van der Waals surface area contributed by atoms with Crippen molar-refractivity contribution in [3.05, 3.63) is 29.3 Å². The second-order valence-electron chi connectivity index (χ2n) is 5.28. The van der Waals surface area contributed by atoms with E-state index in [2.05, 4.69) is 6.92 Å².